The largest absolute Gasteiger partial charge is 0.494 e. The van der Waals surface area contributed by atoms with Gasteiger partial charge in [0.15, 0.2) is 0 Å². The summed E-state index contributed by atoms with van der Waals surface area (Å²) < 4.78 is 15.6. The number of nitrogens with zero attached hydrogens (tertiary/aromatic N) is 2. The molecule has 0 amide bonds. The van der Waals surface area contributed by atoms with Crippen molar-refractivity contribution < 1.29 is 19.0 Å². The molecule has 0 saturated carbocycles. The molecule has 0 unspecified atom stereocenters. The first-order valence-corrected chi connectivity index (χ1v) is 10.8. The Morgan fingerprint density at radius 2 is 1.37 bits per heavy atom. The second kappa shape index (κ2) is 11.4. The lowest BCUT2D eigenvalue weighted by atomic mass is 10.1. The molecular weight excluding hydrogens is 400 g/mol. The molecule has 7 heteroatoms. The lowest BCUT2D eigenvalue weighted by Gasteiger charge is -2.06. The van der Waals surface area contributed by atoms with Crippen molar-refractivity contribution in [2.75, 3.05) is 27.4 Å². The molecule has 3 aromatic rings. The van der Waals surface area contributed by atoms with Crippen LogP contribution in [0, 0.1) is 0 Å². The van der Waals surface area contributed by atoms with Gasteiger partial charge in [0.25, 0.3) is 0 Å². The van der Waals surface area contributed by atoms with Crippen molar-refractivity contribution in [2.24, 2.45) is 0 Å². The van der Waals surface area contributed by atoms with Crippen LogP contribution < -0.4 is 4.74 Å². The van der Waals surface area contributed by atoms with E-state index in [4.69, 9.17) is 14.2 Å². The molecule has 30 heavy (non-hydrogen) atoms. The van der Waals surface area contributed by atoms with Gasteiger partial charge in [-0.15, -0.1) is 10.2 Å². The Labute approximate surface area is 180 Å². The number of rotatable bonds is 11. The topological polar surface area (TPSA) is 70.5 Å². The minimum Gasteiger partial charge on any atom is -0.494 e. The highest BCUT2D eigenvalue weighted by atomic mass is 32.1. The Balaban J connectivity index is 1.53. The highest BCUT2D eigenvalue weighted by Gasteiger charge is 2.11. The van der Waals surface area contributed by atoms with Gasteiger partial charge in [0, 0.05) is 24.8 Å². The zero-order valence-corrected chi connectivity index (χ0v) is 18.1. The van der Waals surface area contributed by atoms with Crippen LogP contribution in [-0.2, 0) is 9.47 Å². The van der Waals surface area contributed by atoms with Crippen LogP contribution in [0.2, 0.25) is 0 Å². The molecule has 2 aromatic carbocycles. The molecule has 0 bridgehead atoms. The predicted molar refractivity (Wildman–Crippen MR) is 118 cm³/mol. The van der Waals surface area contributed by atoms with E-state index in [0.717, 1.165) is 59.4 Å². The number of carbonyl (C=O) groups excluding carboxylic acids is 1. The Morgan fingerprint density at radius 3 is 1.93 bits per heavy atom. The van der Waals surface area contributed by atoms with Gasteiger partial charge in [-0.2, -0.15) is 0 Å². The maximum absolute atomic E-state index is 11.6. The molecule has 3 rings (SSSR count). The zero-order valence-electron chi connectivity index (χ0n) is 17.3. The molecule has 0 atom stereocenters. The summed E-state index contributed by atoms with van der Waals surface area (Å²) in [5, 5.41) is 10.2. The summed E-state index contributed by atoms with van der Waals surface area (Å²) in [6, 6.07) is 15.1. The summed E-state index contributed by atoms with van der Waals surface area (Å²) in [5.41, 5.74) is 2.42. The third kappa shape index (κ3) is 6.11. The second-order valence-electron chi connectivity index (χ2n) is 6.76. The van der Waals surface area contributed by atoms with Crippen molar-refractivity contribution in [3.8, 4) is 26.9 Å². The minimum absolute atomic E-state index is 0.354. The summed E-state index contributed by atoms with van der Waals surface area (Å²) >= 11 is 1.51. The Morgan fingerprint density at radius 1 is 0.800 bits per heavy atom. The average Bonchev–Trinajstić information content (AvgIpc) is 3.29. The van der Waals surface area contributed by atoms with Crippen LogP contribution in [0.15, 0.2) is 48.5 Å². The van der Waals surface area contributed by atoms with Crippen molar-refractivity contribution >= 4 is 17.3 Å². The Bertz CT molecular complexity index is 923. The van der Waals surface area contributed by atoms with Gasteiger partial charge in [0.1, 0.15) is 15.8 Å². The van der Waals surface area contributed by atoms with Gasteiger partial charge in [-0.05, 0) is 55.7 Å². The first-order valence-electron chi connectivity index (χ1n) is 9.95. The summed E-state index contributed by atoms with van der Waals surface area (Å²) in [4.78, 5) is 11.6. The number of unbranched alkanes of at least 4 members (excludes halogenated alkanes) is 3. The van der Waals surface area contributed by atoms with E-state index in [9.17, 15) is 4.79 Å². The zero-order chi connectivity index (χ0) is 21.2. The van der Waals surface area contributed by atoms with Crippen molar-refractivity contribution in [3.63, 3.8) is 0 Å². The third-order valence-electron chi connectivity index (χ3n) is 4.59. The Hall–Kier alpha value is -2.77. The fourth-order valence-electron chi connectivity index (χ4n) is 2.91. The first-order chi connectivity index (χ1) is 14.7. The quantitative estimate of drug-likeness (QED) is 0.308. The number of methoxy groups -OCH3 is 2. The molecule has 6 nitrogen and oxygen atoms in total. The van der Waals surface area contributed by atoms with Gasteiger partial charge < -0.3 is 14.2 Å². The normalized spacial score (nSPS) is 10.7. The lowest BCUT2D eigenvalue weighted by Crippen LogP contribution is -2.00. The van der Waals surface area contributed by atoms with Gasteiger partial charge in [-0.1, -0.05) is 29.9 Å². The number of esters is 1. The molecule has 0 aliphatic heterocycles. The fourth-order valence-corrected chi connectivity index (χ4v) is 3.76. The standard InChI is InChI=1S/C23H26N2O4S/c1-27-15-5-3-4-6-16-29-20-13-11-18(12-14-20)22-25-24-21(30-22)17-7-9-19(10-8-17)23(26)28-2/h7-14H,3-6,15-16H2,1-2H3. The van der Waals surface area contributed by atoms with Crippen LogP contribution in [-0.4, -0.2) is 43.6 Å². The summed E-state index contributed by atoms with van der Waals surface area (Å²) in [5.74, 6) is 0.506. The molecular formula is C23H26N2O4S. The molecule has 1 heterocycles. The van der Waals surface area contributed by atoms with Crippen LogP contribution in [0.3, 0.4) is 0 Å². The average molecular weight is 427 g/mol. The van der Waals surface area contributed by atoms with Crippen molar-refractivity contribution in [2.45, 2.75) is 25.7 Å². The van der Waals surface area contributed by atoms with Crippen molar-refractivity contribution in [3.05, 3.63) is 54.1 Å². The van der Waals surface area contributed by atoms with Crippen molar-refractivity contribution in [1.29, 1.82) is 0 Å². The van der Waals surface area contributed by atoms with Gasteiger partial charge in [-0.3, -0.25) is 0 Å². The minimum atomic E-state index is -0.354. The third-order valence-corrected chi connectivity index (χ3v) is 5.61. The van der Waals surface area contributed by atoms with E-state index in [2.05, 4.69) is 10.2 Å². The number of carbonyl (C=O) groups is 1. The lowest BCUT2D eigenvalue weighted by molar-refractivity contribution is 0.0600. The maximum Gasteiger partial charge on any atom is 0.337 e. The van der Waals surface area contributed by atoms with E-state index in [1.165, 1.54) is 24.9 Å². The fraction of sp³-hybridized carbons (Fsp3) is 0.348. The van der Waals surface area contributed by atoms with E-state index < -0.39 is 0 Å². The van der Waals surface area contributed by atoms with Crippen LogP contribution in [0.1, 0.15) is 36.0 Å². The van der Waals surface area contributed by atoms with Gasteiger partial charge >= 0.3 is 5.97 Å². The summed E-state index contributed by atoms with van der Waals surface area (Å²) in [6.45, 7) is 1.55. The number of benzene rings is 2. The van der Waals surface area contributed by atoms with Gasteiger partial charge in [0.2, 0.25) is 0 Å². The molecule has 0 spiro atoms. The van der Waals surface area contributed by atoms with E-state index in [1.807, 2.05) is 36.4 Å². The monoisotopic (exact) mass is 426 g/mol. The number of ether oxygens (including phenoxy) is 3. The molecule has 0 aliphatic carbocycles. The maximum atomic E-state index is 11.6. The summed E-state index contributed by atoms with van der Waals surface area (Å²) in [6.07, 6.45) is 4.46. The number of aromatic nitrogens is 2. The van der Waals surface area contributed by atoms with E-state index >= 15 is 0 Å². The SMILES string of the molecule is COCCCCCCOc1ccc(-c2nnc(-c3ccc(C(=O)OC)cc3)s2)cc1. The molecule has 1 aromatic heterocycles. The van der Waals surface area contributed by atoms with Gasteiger partial charge in [0.05, 0.1) is 19.3 Å². The van der Waals surface area contributed by atoms with Crippen LogP contribution in [0.5, 0.6) is 5.75 Å². The Kier molecular flexibility index (Phi) is 8.35. The molecule has 0 saturated heterocycles. The predicted octanol–water partition coefficient (Wildman–Crippen LogP) is 5.24. The molecule has 0 fully saturated rings. The smallest absolute Gasteiger partial charge is 0.337 e. The number of hydrogen-bond acceptors (Lipinski definition) is 7. The van der Waals surface area contributed by atoms with E-state index in [1.54, 1.807) is 19.2 Å². The van der Waals surface area contributed by atoms with Crippen LogP contribution in [0.25, 0.3) is 21.1 Å². The van der Waals surface area contributed by atoms with Crippen LogP contribution in [0.4, 0.5) is 0 Å². The molecule has 0 aliphatic rings. The molecule has 158 valence electrons. The highest BCUT2D eigenvalue weighted by Crippen LogP contribution is 2.31. The first kappa shape index (κ1) is 21.9. The van der Waals surface area contributed by atoms with E-state index in [0.29, 0.717) is 5.56 Å². The summed E-state index contributed by atoms with van der Waals surface area (Å²) in [7, 11) is 3.10. The van der Waals surface area contributed by atoms with E-state index in [-0.39, 0.29) is 5.97 Å². The van der Waals surface area contributed by atoms with Crippen LogP contribution >= 0.6 is 11.3 Å². The van der Waals surface area contributed by atoms with Gasteiger partial charge in [-0.25, -0.2) is 4.79 Å². The number of hydrogen-bond donors (Lipinski definition) is 0. The second-order valence-corrected chi connectivity index (χ2v) is 7.74. The molecule has 0 radical (unpaired) electrons. The highest BCUT2D eigenvalue weighted by molar-refractivity contribution is 7.17. The van der Waals surface area contributed by atoms with Crippen molar-refractivity contribution in [1.82, 2.24) is 10.2 Å². The molecule has 0 N–H and O–H groups in total.